The Kier molecular flexibility index (Phi) is 7.50. The summed E-state index contributed by atoms with van der Waals surface area (Å²) in [6.07, 6.45) is 2.90. The molecule has 0 heterocycles. The summed E-state index contributed by atoms with van der Waals surface area (Å²) in [4.78, 5) is 3.76. The first-order chi connectivity index (χ1) is 7.97. The average molecular weight is 257 g/mol. The number of rotatable bonds is 6. The van der Waals surface area contributed by atoms with E-state index in [1.807, 2.05) is 19.9 Å². The highest BCUT2D eigenvalue weighted by Crippen LogP contribution is 2.13. The van der Waals surface area contributed by atoms with Crippen molar-refractivity contribution in [3.05, 3.63) is 23.0 Å². The van der Waals surface area contributed by atoms with Crippen molar-refractivity contribution in [3.8, 4) is 0 Å². The highest BCUT2D eigenvalue weighted by molar-refractivity contribution is 6.70. The van der Waals surface area contributed by atoms with Crippen LogP contribution in [0.15, 0.2) is 28.0 Å². The maximum Gasteiger partial charge on any atom is 0.154 e. The van der Waals surface area contributed by atoms with Gasteiger partial charge in [-0.15, -0.1) is 0 Å². The Bertz CT molecular complexity index is 354. The van der Waals surface area contributed by atoms with Crippen LogP contribution in [0, 0.1) is 11.3 Å². The Morgan fingerprint density at radius 2 is 2.12 bits per heavy atom. The van der Waals surface area contributed by atoms with Crippen LogP contribution >= 0.6 is 11.6 Å². The molecule has 0 unspecified atom stereocenters. The molecule has 0 aromatic carbocycles. The van der Waals surface area contributed by atoms with E-state index in [-0.39, 0.29) is 5.17 Å². The van der Waals surface area contributed by atoms with Gasteiger partial charge in [0.15, 0.2) is 5.17 Å². The third-order valence-electron chi connectivity index (χ3n) is 2.32. The second-order valence-electron chi connectivity index (χ2n) is 3.93. The van der Waals surface area contributed by atoms with Crippen LogP contribution in [0.2, 0.25) is 0 Å². The van der Waals surface area contributed by atoms with Crippen molar-refractivity contribution in [1.29, 1.82) is 5.41 Å². The maximum atomic E-state index is 6.94. The maximum absolute atomic E-state index is 6.94. The van der Waals surface area contributed by atoms with E-state index in [0.717, 1.165) is 17.6 Å². The number of allylic oxidation sites excluding steroid dienone is 3. The summed E-state index contributed by atoms with van der Waals surface area (Å²) >= 11 is 6.02. The molecule has 0 aliphatic rings. The van der Waals surface area contributed by atoms with E-state index < -0.39 is 0 Å². The lowest BCUT2D eigenvalue weighted by Gasteiger charge is -2.18. The molecule has 0 saturated heterocycles. The summed E-state index contributed by atoms with van der Waals surface area (Å²) in [5.74, 6) is 0.352. The van der Waals surface area contributed by atoms with Crippen molar-refractivity contribution in [1.82, 2.24) is 5.32 Å². The van der Waals surface area contributed by atoms with Crippen molar-refractivity contribution in [2.24, 2.45) is 16.6 Å². The first-order valence-corrected chi connectivity index (χ1v) is 5.91. The molecular weight excluding hydrogens is 236 g/mol. The number of halogens is 1. The normalized spacial score (nSPS) is 14.8. The van der Waals surface area contributed by atoms with Gasteiger partial charge in [0.05, 0.1) is 5.70 Å². The zero-order valence-corrected chi connectivity index (χ0v) is 11.6. The fraction of sp³-hybridized carbons (Fsp3) is 0.500. The summed E-state index contributed by atoms with van der Waals surface area (Å²) in [7, 11) is 0. The van der Waals surface area contributed by atoms with E-state index in [2.05, 4.69) is 24.2 Å². The predicted octanol–water partition coefficient (Wildman–Crippen LogP) is 2.61. The molecule has 17 heavy (non-hydrogen) atoms. The van der Waals surface area contributed by atoms with Crippen LogP contribution in [0.1, 0.15) is 27.7 Å². The molecule has 0 aromatic rings. The molecule has 0 saturated carbocycles. The SMILES string of the molecule is C/C=C(\N/C(C(Cl)=NC=N)=C(\C)CN)C(C)C. The molecular formula is C12H21ClN4. The summed E-state index contributed by atoms with van der Waals surface area (Å²) in [6, 6.07) is 0. The van der Waals surface area contributed by atoms with Gasteiger partial charge in [-0.3, -0.25) is 5.41 Å². The van der Waals surface area contributed by atoms with Gasteiger partial charge in [0.25, 0.3) is 0 Å². The van der Waals surface area contributed by atoms with Crippen LogP contribution in [-0.2, 0) is 0 Å². The molecule has 0 rings (SSSR count). The fourth-order valence-electron chi connectivity index (χ4n) is 1.25. The third-order valence-corrected chi connectivity index (χ3v) is 2.61. The molecule has 0 fully saturated rings. The molecule has 5 heteroatoms. The zero-order valence-electron chi connectivity index (χ0n) is 10.8. The first kappa shape index (κ1) is 15.9. The molecule has 0 aliphatic heterocycles. The van der Waals surface area contributed by atoms with Gasteiger partial charge in [-0.1, -0.05) is 31.5 Å². The van der Waals surface area contributed by atoms with E-state index in [9.17, 15) is 0 Å². The molecule has 0 amide bonds. The van der Waals surface area contributed by atoms with Crippen molar-refractivity contribution < 1.29 is 0 Å². The number of hydrogen-bond acceptors (Lipinski definition) is 3. The highest BCUT2D eigenvalue weighted by Gasteiger charge is 2.11. The van der Waals surface area contributed by atoms with Crippen molar-refractivity contribution in [2.75, 3.05) is 6.54 Å². The lowest BCUT2D eigenvalue weighted by molar-refractivity contribution is 0.703. The van der Waals surface area contributed by atoms with Gasteiger partial charge in [0, 0.05) is 12.2 Å². The van der Waals surface area contributed by atoms with Crippen LogP contribution < -0.4 is 11.1 Å². The summed E-state index contributed by atoms with van der Waals surface area (Å²) in [6.45, 7) is 8.40. The van der Waals surface area contributed by atoms with E-state index in [0.29, 0.717) is 18.2 Å². The minimum Gasteiger partial charge on any atom is -0.356 e. The monoisotopic (exact) mass is 256 g/mol. The first-order valence-electron chi connectivity index (χ1n) is 5.53. The second-order valence-corrected chi connectivity index (χ2v) is 4.29. The summed E-state index contributed by atoms with van der Waals surface area (Å²) < 4.78 is 0. The largest absolute Gasteiger partial charge is 0.356 e. The third kappa shape index (κ3) is 5.15. The lowest BCUT2D eigenvalue weighted by atomic mass is 10.1. The van der Waals surface area contributed by atoms with Crippen LogP contribution in [0.25, 0.3) is 0 Å². The Hall–Kier alpha value is -1.13. The van der Waals surface area contributed by atoms with E-state index in [1.54, 1.807) is 0 Å². The molecule has 4 N–H and O–H groups in total. The Labute approximate surface area is 108 Å². The Balaban J connectivity index is 5.25. The van der Waals surface area contributed by atoms with Gasteiger partial charge in [0.2, 0.25) is 0 Å². The molecule has 0 aliphatic carbocycles. The standard InChI is InChI=1S/C12H21ClN4/c1-5-10(8(2)3)17-11(9(4)6-14)12(13)16-7-15/h5,7-8,15,17H,6,14H2,1-4H3/b10-5-,11-9+,15-7?,16-12?. The Morgan fingerprint density at radius 3 is 2.47 bits per heavy atom. The molecule has 0 radical (unpaired) electrons. The second kappa shape index (κ2) is 8.03. The molecule has 0 spiro atoms. The highest BCUT2D eigenvalue weighted by atomic mass is 35.5. The van der Waals surface area contributed by atoms with Crippen LogP contribution in [0.4, 0.5) is 0 Å². The number of nitrogens with two attached hydrogens (primary N) is 1. The molecule has 96 valence electrons. The van der Waals surface area contributed by atoms with Crippen molar-refractivity contribution in [3.63, 3.8) is 0 Å². The zero-order chi connectivity index (χ0) is 13.4. The van der Waals surface area contributed by atoms with Crippen molar-refractivity contribution >= 4 is 23.1 Å². The number of nitrogens with one attached hydrogen (secondary N) is 2. The number of aliphatic imine (C=N–C) groups is 1. The number of hydrogen-bond donors (Lipinski definition) is 3. The lowest BCUT2D eigenvalue weighted by Crippen LogP contribution is -2.24. The quantitative estimate of drug-likeness (QED) is 0.505. The predicted molar refractivity (Wildman–Crippen MR) is 75.6 cm³/mol. The van der Waals surface area contributed by atoms with Gasteiger partial charge < -0.3 is 11.1 Å². The molecule has 0 aromatic heterocycles. The topological polar surface area (TPSA) is 74.3 Å². The van der Waals surface area contributed by atoms with Crippen LogP contribution in [0.3, 0.4) is 0 Å². The smallest absolute Gasteiger partial charge is 0.154 e. The fourth-order valence-corrected chi connectivity index (χ4v) is 1.51. The molecule has 4 nitrogen and oxygen atoms in total. The minimum absolute atomic E-state index is 0.253. The van der Waals surface area contributed by atoms with Gasteiger partial charge >= 0.3 is 0 Å². The van der Waals surface area contributed by atoms with Gasteiger partial charge in [-0.2, -0.15) is 0 Å². The van der Waals surface area contributed by atoms with Crippen molar-refractivity contribution in [2.45, 2.75) is 27.7 Å². The molecule has 0 atom stereocenters. The van der Waals surface area contributed by atoms with E-state index >= 15 is 0 Å². The van der Waals surface area contributed by atoms with Gasteiger partial charge in [0.1, 0.15) is 6.34 Å². The minimum atomic E-state index is 0.253. The van der Waals surface area contributed by atoms with Crippen LogP contribution in [-0.4, -0.2) is 18.1 Å². The van der Waals surface area contributed by atoms with Gasteiger partial charge in [-0.25, -0.2) is 4.99 Å². The molecule has 0 bridgehead atoms. The van der Waals surface area contributed by atoms with Crippen LogP contribution in [0.5, 0.6) is 0 Å². The van der Waals surface area contributed by atoms with Gasteiger partial charge in [-0.05, 0) is 25.3 Å². The summed E-state index contributed by atoms with van der Waals surface area (Å²) in [5.41, 5.74) is 8.24. The summed E-state index contributed by atoms with van der Waals surface area (Å²) in [5, 5.41) is 10.4. The average Bonchev–Trinajstić information content (AvgIpc) is 2.29. The number of nitrogens with zero attached hydrogens (tertiary/aromatic N) is 1. The van der Waals surface area contributed by atoms with E-state index in [1.165, 1.54) is 0 Å². The Morgan fingerprint density at radius 1 is 1.53 bits per heavy atom. The van der Waals surface area contributed by atoms with E-state index in [4.69, 9.17) is 22.7 Å².